The summed E-state index contributed by atoms with van der Waals surface area (Å²) in [6.07, 6.45) is 0. The summed E-state index contributed by atoms with van der Waals surface area (Å²) in [4.78, 5) is 51.0. The molecule has 200 valence electrons. The molecule has 0 aliphatic heterocycles. The van der Waals surface area contributed by atoms with Crippen LogP contribution in [0.2, 0.25) is 0 Å². The molecule has 0 bridgehead atoms. The molecule has 0 radical (unpaired) electrons. The molecule has 0 atom stereocenters. The van der Waals surface area contributed by atoms with Crippen molar-refractivity contribution < 1.29 is 42.9 Å². The molecule has 0 fully saturated rings. The zero-order chi connectivity index (χ0) is 29.0. The molecule has 2 N–H and O–H groups in total. The van der Waals surface area contributed by atoms with Crippen molar-refractivity contribution >= 4 is 67.0 Å². The van der Waals surface area contributed by atoms with Gasteiger partial charge in [0.2, 0.25) is 0 Å². The van der Waals surface area contributed by atoms with Crippen LogP contribution in [0.15, 0.2) is 84.9 Å². The SMILES string of the molecule is O=C(O)c1cc2ccc(F)cc2c2cccc(C(=O)OC(=O)c3cccc4c3c(C(=O)O)cc3ccc(F)cc34)c12. The van der Waals surface area contributed by atoms with Gasteiger partial charge in [-0.05, 0) is 80.8 Å². The number of carbonyl (C=O) groups is 4. The molecule has 6 aromatic carbocycles. The first-order chi connectivity index (χ1) is 19.6. The Morgan fingerprint density at radius 2 is 0.927 bits per heavy atom. The second-order valence-electron chi connectivity index (χ2n) is 9.32. The Bertz CT molecular complexity index is 2000. The maximum absolute atomic E-state index is 14.1. The van der Waals surface area contributed by atoms with Crippen LogP contribution in [-0.4, -0.2) is 34.1 Å². The topological polar surface area (TPSA) is 118 Å². The van der Waals surface area contributed by atoms with Crippen LogP contribution in [0.1, 0.15) is 41.4 Å². The van der Waals surface area contributed by atoms with Gasteiger partial charge in [0, 0.05) is 10.8 Å². The minimum absolute atomic E-state index is 0.0542. The molecule has 0 aliphatic rings. The van der Waals surface area contributed by atoms with Crippen LogP contribution in [0.5, 0.6) is 0 Å². The molecule has 9 heteroatoms. The summed E-state index contributed by atoms with van der Waals surface area (Å²) in [5, 5.41) is 21.8. The van der Waals surface area contributed by atoms with Crippen LogP contribution in [0.4, 0.5) is 8.78 Å². The molecular formula is C32H16F2O7. The first kappa shape index (κ1) is 25.6. The van der Waals surface area contributed by atoms with E-state index >= 15 is 0 Å². The fourth-order valence-electron chi connectivity index (χ4n) is 5.24. The summed E-state index contributed by atoms with van der Waals surface area (Å²) in [6, 6.07) is 18.7. The lowest BCUT2D eigenvalue weighted by molar-refractivity contribution is 0.0400. The predicted octanol–water partition coefficient (Wildman–Crippen LogP) is 6.97. The van der Waals surface area contributed by atoms with Gasteiger partial charge < -0.3 is 14.9 Å². The fraction of sp³-hybridized carbons (Fsp3) is 0. The fourth-order valence-corrected chi connectivity index (χ4v) is 5.24. The smallest absolute Gasteiger partial charge is 0.346 e. The van der Waals surface area contributed by atoms with Crippen LogP contribution in [0.3, 0.4) is 0 Å². The monoisotopic (exact) mass is 550 g/mol. The van der Waals surface area contributed by atoms with Gasteiger partial charge in [-0.25, -0.2) is 28.0 Å². The Hall–Kier alpha value is -5.70. The number of carboxylic acid groups (broad SMARTS) is 2. The zero-order valence-electron chi connectivity index (χ0n) is 20.8. The highest BCUT2D eigenvalue weighted by atomic mass is 19.1. The first-order valence-corrected chi connectivity index (χ1v) is 12.2. The van der Waals surface area contributed by atoms with Crippen molar-refractivity contribution in [3.05, 3.63) is 119 Å². The normalized spacial score (nSPS) is 11.3. The lowest BCUT2D eigenvalue weighted by atomic mass is 9.93. The number of benzene rings is 6. The third-order valence-corrected chi connectivity index (χ3v) is 6.96. The molecule has 0 saturated heterocycles. The summed E-state index contributed by atoms with van der Waals surface area (Å²) < 4.78 is 33.3. The van der Waals surface area contributed by atoms with E-state index in [0.717, 1.165) is 0 Å². The van der Waals surface area contributed by atoms with Gasteiger partial charge >= 0.3 is 23.9 Å². The molecule has 0 heterocycles. The minimum atomic E-state index is -1.35. The summed E-state index contributed by atoms with van der Waals surface area (Å²) >= 11 is 0. The van der Waals surface area contributed by atoms with Crippen molar-refractivity contribution in [2.75, 3.05) is 0 Å². The predicted molar refractivity (Wildman–Crippen MR) is 146 cm³/mol. The first-order valence-electron chi connectivity index (χ1n) is 12.2. The van der Waals surface area contributed by atoms with E-state index in [9.17, 15) is 38.2 Å². The highest BCUT2D eigenvalue weighted by molar-refractivity contribution is 6.24. The maximum atomic E-state index is 14.1. The molecular weight excluding hydrogens is 534 g/mol. The average molecular weight is 550 g/mol. The van der Waals surface area contributed by atoms with Crippen molar-refractivity contribution in [1.29, 1.82) is 0 Å². The van der Waals surface area contributed by atoms with E-state index in [1.54, 1.807) is 0 Å². The number of rotatable bonds is 4. The Balaban J connectivity index is 1.51. The van der Waals surface area contributed by atoms with Gasteiger partial charge in [0.05, 0.1) is 22.3 Å². The lowest BCUT2D eigenvalue weighted by Crippen LogP contribution is -2.15. The number of ether oxygens (including phenoxy) is 1. The number of fused-ring (bicyclic) bond motifs is 6. The second-order valence-corrected chi connectivity index (χ2v) is 9.32. The van der Waals surface area contributed by atoms with Gasteiger partial charge in [-0.2, -0.15) is 0 Å². The molecule has 41 heavy (non-hydrogen) atoms. The van der Waals surface area contributed by atoms with Gasteiger partial charge in [0.1, 0.15) is 11.6 Å². The average Bonchev–Trinajstić information content (AvgIpc) is 2.95. The van der Waals surface area contributed by atoms with Crippen molar-refractivity contribution in [1.82, 2.24) is 0 Å². The van der Waals surface area contributed by atoms with Gasteiger partial charge in [-0.15, -0.1) is 0 Å². The molecule has 0 aromatic heterocycles. The van der Waals surface area contributed by atoms with Gasteiger partial charge in [-0.3, -0.25) is 0 Å². The number of carboxylic acids is 2. The van der Waals surface area contributed by atoms with E-state index in [1.165, 1.54) is 84.9 Å². The third-order valence-electron chi connectivity index (χ3n) is 6.96. The van der Waals surface area contributed by atoms with Crippen LogP contribution < -0.4 is 0 Å². The van der Waals surface area contributed by atoms with Crippen LogP contribution >= 0.6 is 0 Å². The highest BCUT2D eigenvalue weighted by Gasteiger charge is 2.25. The van der Waals surface area contributed by atoms with E-state index in [-0.39, 0.29) is 43.8 Å². The molecule has 0 saturated carbocycles. The third kappa shape index (κ3) is 4.20. The number of hydrogen-bond acceptors (Lipinski definition) is 5. The minimum Gasteiger partial charge on any atom is -0.478 e. The van der Waals surface area contributed by atoms with E-state index in [0.29, 0.717) is 21.5 Å². The highest BCUT2D eigenvalue weighted by Crippen LogP contribution is 2.34. The number of carbonyl (C=O) groups excluding carboxylic acids is 2. The molecule has 6 aromatic rings. The Morgan fingerprint density at radius 3 is 1.32 bits per heavy atom. The van der Waals surface area contributed by atoms with Crippen LogP contribution in [0, 0.1) is 11.6 Å². The van der Waals surface area contributed by atoms with E-state index in [2.05, 4.69) is 0 Å². The van der Waals surface area contributed by atoms with Gasteiger partial charge in [0.15, 0.2) is 0 Å². The summed E-state index contributed by atoms with van der Waals surface area (Å²) in [5.41, 5.74) is -1.03. The van der Waals surface area contributed by atoms with Crippen molar-refractivity contribution in [3.8, 4) is 0 Å². The largest absolute Gasteiger partial charge is 0.478 e. The molecule has 0 aliphatic carbocycles. The van der Waals surface area contributed by atoms with E-state index < -0.39 is 35.5 Å². The number of aromatic carboxylic acids is 2. The quantitative estimate of drug-likeness (QED) is 0.138. The molecule has 0 unspecified atom stereocenters. The zero-order valence-corrected chi connectivity index (χ0v) is 20.8. The summed E-state index contributed by atoms with van der Waals surface area (Å²) in [7, 11) is 0. The Morgan fingerprint density at radius 1 is 0.512 bits per heavy atom. The molecule has 6 rings (SSSR count). The number of esters is 2. The number of halogens is 2. The van der Waals surface area contributed by atoms with Crippen molar-refractivity contribution in [2.45, 2.75) is 0 Å². The Labute approximate surface area is 228 Å². The summed E-state index contributed by atoms with van der Waals surface area (Å²) in [5.74, 6) is -6.23. The maximum Gasteiger partial charge on any atom is 0.346 e. The van der Waals surface area contributed by atoms with E-state index in [1.807, 2.05) is 0 Å². The second kappa shape index (κ2) is 9.49. The standard InChI is InChI=1S/C32H16F2O7/c33-17-9-7-15-11-25(29(35)36)27-19(23(15)13-17)3-1-5-21(27)31(39)41-32(40)22-6-2-4-20-24-14-18(34)10-8-16(24)12-26(28(20)22)30(37)38/h1-14H,(H,35,36)(H,37,38). The van der Waals surface area contributed by atoms with E-state index in [4.69, 9.17) is 4.74 Å². The van der Waals surface area contributed by atoms with Gasteiger partial charge in [0.25, 0.3) is 0 Å². The van der Waals surface area contributed by atoms with Gasteiger partial charge in [-0.1, -0.05) is 36.4 Å². The molecule has 7 nitrogen and oxygen atoms in total. The van der Waals surface area contributed by atoms with Crippen molar-refractivity contribution in [3.63, 3.8) is 0 Å². The molecule has 0 spiro atoms. The van der Waals surface area contributed by atoms with Crippen LogP contribution in [0.25, 0.3) is 43.1 Å². The van der Waals surface area contributed by atoms with Crippen LogP contribution in [-0.2, 0) is 4.74 Å². The van der Waals surface area contributed by atoms with Crippen molar-refractivity contribution in [2.24, 2.45) is 0 Å². The Kier molecular flexibility index (Phi) is 5.92. The lowest BCUT2D eigenvalue weighted by Gasteiger charge is -2.14. The molecule has 0 amide bonds. The number of hydrogen-bond donors (Lipinski definition) is 2. The summed E-state index contributed by atoms with van der Waals surface area (Å²) in [6.45, 7) is 0.